The Bertz CT molecular complexity index is 1150. The highest BCUT2D eigenvalue weighted by atomic mass is 16.5. The zero-order chi connectivity index (χ0) is 22.5. The van der Waals surface area contributed by atoms with Crippen LogP contribution in [0.25, 0.3) is 5.69 Å². The van der Waals surface area contributed by atoms with Crippen molar-refractivity contribution in [2.24, 2.45) is 0 Å². The van der Waals surface area contributed by atoms with Crippen molar-refractivity contribution < 1.29 is 19.1 Å². The molecule has 0 radical (unpaired) electrons. The van der Waals surface area contributed by atoms with Crippen molar-refractivity contribution in [3.8, 4) is 5.69 Å². The van der Waals surface area contributed by atoms with Gasteiger partial charge in [-0.1, -0.05) is 23.8 Å². The summed E-state index contributed by atoms with van der Waals surface area (Å²) in [6, 6.07) is 12.4. The largest absolute Gasteiger partial charge is 0.451 e. The van der Waals surface area contributed by atoms with Gasteiger partial charge in [0, 0.05) is 18.3 Å². The Balaban J connectivity index is 1.63. The van der Waals surface area contributed by atoms with Gasteiger partial charge in [0.25, 0.3) is 5.91 Å². The Morgan fingerprint density at radius 1 is 0.968 bits per heavy atom. The molecule has 0 bridgehead atoms. The number of anilines is 2. The molecule has 31 heavy (non-hydrogen) atoms. The van der Waals surface area contributed by atoms with Gasteiger partial charge >= 0.3 is 5.97 Å². The van der Waals surface area contributed by atoms with Crippen LogP contribution in [0, 0.1) is 20.8 Å². The lowest BCUT2D eigenvalue weighted by molar-refractivity contribution is -0.119. The number of nitrogens with zero attached hydrogens (tertiary/aromatic N) is 3. The highest BCUT2D eigenvalue weighted by Crippen LogP contribution is 2.17. The fraction of sp³-hybridized carbons (Fsp3) is 0.227. The Labute approximate surface area is 179 Å². The monoisotopic (exact) mass is 421 g/mol. The molecule has 2 N–H and O–H groups in total. The summed E-state index contributed by atoms with van der Waals surface area (Å²) in [6.07, 6.45) is 0. The Morgan fingerprint density at radius 2 is 1.68 bits per heavy atom. The van der Waals surface area contributed by atoms with Crippen molar-refractivity contribution >= 4 is 29.2 Å². The minimum absolute atomic E-state index is 0.0421. The van der Waals surface area contributed by atoms with Crippen LogP contribution in [0.4, 0.5) is 11.4 Å². The number of esters is 1. The Morgan fingerprint density at radius 3 is 2.35 bits per heavy atom. The maximum atomic E-state index is 12.4. The summed E-state index contributed by atoms with van der Waals surface area (Å²) in [5, 5.41) is 13.8. The molecule has 2 aromatic carbocycles. The Kier molecular flexibility index (Phi) is 6.44. The van der Waals surface area contributed by atoms with Crippen LogP contribution in [-0.2, 0) is 14.3 Å². The van der Waals surface area contributed by atoms with Gasteiger partial charge in [0.2, 0.25) is 5.91 Å². The van der Waals surface area contributed by atoms with Gasteiger partial charge in [-0.25, -0.2) is 4.79 Å². The number of benzene rings is 2. The van der Waals surface area contributed by atoms with Crippen molar-refractivity contribution in [3.05, 3.63) is 65.0 Å². The first kappa shape index (κ1) is 21.7. The van der Waals surface area contributed by atoms with Gasteiger partial charge in [0.05, 0.1) is 11.4 Å². The number of aryl methyl sites for hydroxylation is 3. The lowest BCUT2D eigenvalue weighted by Gasteiger charge is -2.08. The normalized spacial score (nSPS) is 10.5. The van der Waals surface area contributed by atoms with Gasteiger partial charge in [0.15, 0.2) is 12.3 Å². The molecule has 3 rings (SSSR count). The van der Waals surface area contributed by atoms with Crippen LogP contribution in [0.3, 0.4) is 0 Å². The number of rotatable bonds is 6. The predicted molar refractivity (Wildman–Crippen MR) is 115 cm³/mol. The highest BCUT2D eigenvalue weighted by molar-refractivity contribution is 5.96. The van der Waals surface area contributed by atoms with E-state index in [0.717, 1.165) is 16.8 Å². The van der Waals surface area contributed by atoms with Crippen LogP contribution in [0.2, 0.25) is 0 Å². The predicted octanol–water partition coefficient (Wildman–Crippen LogP) is 2.95. The zero-order valence-electron chi connectivity index (χ0n) is 17.7. The van der Waals surface area contributed by atoms with Crippen LogP contribution in [0.5, 0.6) is 0 Å². The second-order valence-electron chi connectivity index (χ2n) is 7.10. The summed E-state index contributed by atoms with van der Waals surface area (Å²) in [5.74, 6) is -1.48. The third kappa shape index (κ3) is 5.53. The van der Waals surface area contributed by atoms with E-state index >= 15 is 0 Å². The van der Waals surface area contributed by atoms with Crippen LogP contribution in [0.1, 0.15) is 34.2 Å². The third-order valence-corrected chi connectivity index (χ3v) is 4.34. The van der Waals surface area contributed by atoms with Crippen LogP contribution >= 0.6 is 0 Å². The molecular weight excluding hydrogens is 398 g/mol. The summed E-state index contributed by atoms with van der Waals surface area (Å²) in [5.41, 5.74) is 4.28. The number of ether oxygens (including phenoxy) is 1. The van der Waals surface area contributed by atoms with E-state index in [-0.39, 0.29) is 11.6 Å². The van der Waals surface area contributed by atoms with Crippen LogP contribution in [0.15, 0.2) is 42.5 Å². The molecule has 9 nitrogen and oxygen atoms in total. The van der Waals surface area contributed by atoms with Crippen molar-refractivity contribution in [3.63, 3.8) is 0 Å². The Hall–Kier alpha value is -4.01. The molecule has 1 heterocycles. The van der Waals surface area contributed by atoms with E-state index in [4.69, 9.17) is 4.74 Å². The van der Waals surface area contributed by atoms with Crippen LogP contribution < -0.4 is 10.6 Å². The molecule has 0 fully saturated rings. The molecule has 2 amide bonds. The highest BCUT2D eigenvalue weighted by Gasteiger charge is 2.19. The molecule has 160 valence electrons. The van der Waals surface area contributed by atoms with E-state index in [9.17, 15) is 14.4 Å². The van der Waals surface area contributed by atoms with Gasteiger partial charge in [-0.05, 0) is 50.6 Å². The molecular formula is C22H23N5O4. The van der Waals surface area contributed by atoms with Crippen molar-refractivity contribution in [1.82, 2.24) is 15.0 Å². The maximum Gasteiger partial charge on any atom is 0.361 e. The number of hydrogen-bond donors (Lipinski definition) is 2. The van der Waals surface area contributed by atoms with E-state index in [1.165, 1.54) is 11.7 Å². The minimum Gasteiger partial charge on any atom is -0.451 e. The van der Waals surface area contributed by atoms with E-state index < -0.39 is 18.5 Å². The quantitative estimate of drug-likeness (QED) is 0.592. The summed E-state index contributed by atoms with van der Waals surface area (Å²) >= 11 is 0. The van der Waals surface area contributed by atoms with Crippen molar-refractivity contribution in [2.75, 3.05) is 17.2 Å². The molecule has 0 saturated heterocycles. The van der Waals surface area contributed by atoms with Crippen LogP contribution in [-0.4, -0.2) is 39.4 Å². The van der Waals surface area contributed by atoms with E-state index in [2.05, 4.69) is 20.8 Å². The molecule has 0 aliphatic rings. The van der Waals surface area contributed by atoms with Gasteiger partial charge in [0.1, 0.15) is 0 Å². The summed E-state index contributed by atoms with van der Waals surface area (Å²) in [7, 11) is 0. The van der Waals surface area contributed by atoms with E-state index in [1.54, 1.807) is 31.2 Å². The van der Waals surface area contributed by atoms with Crippen molar-refractivity contribution in [1.29, 1.82) is 0 Å². The average molecular weight is 421 g/mol. The van der Waals surface area contributed by atoms with Gasteiger partial charge in [-0.3, -0.25) is 9.59 Å². The third-order valence-electron chi connectivity index (χ3n) is 4.34. The van der Waals surface area contributed by atoms with Gasteiger partial charge in [-0.2, -0.15) is 9.90 Å². The first-order valence-electron chi connectivity index (χ1n) is 9.59. The number of carbonyl (C=O) groups excluding carboxylic acids is 3. The molecule has 0 unspecified atom stereocenters. The smallest absolute Gasteiger partial charge is 0.361 e. The SMILES string of the molecule is CC(=O)Nc1cccc(NC(=O)COC(=O)c2nn(-c3ccc(C)cc3C)nc2C)c1. The number of carbonyl (C=O) groups is 3. The number of nitrogens with one attached hydrogen (secondary N) is 2. The molecule has 0 spiro atoms. The van der Waals surface area contributed by atoms with Gasteiger partial charge < -0.3 is 15.4 Å². The first-order chi connectivity index (χ1) is 14.7. The summed E-state index contributed by atoms with van der Waals surface area (Å²) in [4.78, 5) is 37.1. The molecule has 1 aromatic heterocycles. The fourth-order valence-electron chi connectivity index (χ4n) is 2.98. The molecule has 0 aliphatic carbocycles. The van der Waals surface area contributed by atoms with E-state index in [0.29, 0.717) is 17.1 Å². The molecule has 9 heteroatoms. The van der Waals surface area contributed by atoms with Gasteiger partial charge in [-0.15, -0.1) is 5.10 Å². The average Bonchev–Trinajstić information content (AvgIpc) is 3.07. The zero-order valence-corrected chi connectivity index (χ0v) is 17.7. The second-order valence-corrected chi connectivity index (χ2v) is 7.10. The molecule has 0 atom stereocenters. The second kappa shape index (κ2) is 9.21. The first-order valence-corrected chi connectivity index (χ1v) is 9.59. The number of hydrogen-bond acceptors (Lipinski definition) is 6. The lowest BCUT2D eigenvalue weighted by Crippen LogP contribution is -2.21. The summed E-state index contributed by atoms with van der Waals surface area (Å²) < 4.78 is 5.10. The lowest BCUT2D eigenvalue weighted by atomic mass is 10.1. The topological polar surface area (TPSA) is 115 Å². The maximum absolute atomic E-state index is 12.4. The van der Waals surface area contributed by atoms with E-state index in [1.807, 2.05) is 32.0 Å². The molecule has 3 aromatic rings. The fourth-order valence-corrected chi connectivity index (χ4v) is 2.98. The molecule has 0 saturated carbocycles. The number of aromatic nitrogens is 3. The standard InChI is InChI=1S/C22H23N5O4/c1-13-8-9-19(14(2)10-13)27-25-15(3)21(26-27)22(30)31-12-20(29)24-18-7-5-6-17(11-18)23-16(4)28/h5-11H,12H2,1-4H3,(H,23,28)(H,24,29). The molecule has 0 aliphatic heterocycles. The van der Waals surface area contributed by atoms with Crippen molar-refractivity contribution in [2.45, 2.75) is 27.7 Å². The summed E-state index contributed by atoms with van der Waals surface area (Å²) in [6.45, 7) is 6.48. The minimum atomic E-state index is -0.740. The number of amides is 2.